The van der Waals surface area contributed by atoms with Crippen molar-refractivity contribution in [3.8, 4) is 5.75 Å². The minimum atomic E-state index is -0.0137. The molecule has 2 heteroatoms. The first kappa shape index (κ1) is 14.3. The average Bonchev–Trinajstić information content (AvgIpc) is 2.82. The van der Waals surface area contributed by atoms with Crippen molar-refractivity contribution < 1.29 is 9.53 Å². The molecule has 0 N–H and O–H groups in total. The highest BCUT2D eigenvalue weighted by molar-refractivity contribution is 5.87. The molecule has 0 amide bonds. The Hall–Kier alpha value is -1.31. The Morgan fingerprint density at radius 2 is 2.00 bits per heavy atom. The van der Waals surface area contributed by atoms with E-state index in [0.717, 1.165) is 31.4 Å². The van der Waals surface area contributed by atoms with Crippen molar-refractivity contribution >= 4 is 5.78 Å². The number of ketones is 1. The highest BCUT2D eigenvalue weighted by atomic mass is 16.5. The number of fused-ring (bicyclic) bond motifs is 5. The molecular weight excluding hydrogens is 272 g/mol. The zero-order valence-electron chi connectivity index (χ0n) is 13.9. The summed E-state index contributed by atoms with van der Waals surface area (Å²) in [6, 6.07) is 4.62. The number of carbonyl (C=O) groups is 1. The van der Waals surface area contributed by atoms with Crippen molar-refractivity contribution in [1.82, 2.24) is 0 Å². The smallest absolute Gasteiger partial charge is 0.139 e. The highest BCUT2D eigenvalue weighted by Crippen LogP contribution is 2.59. The normalized spacial score (nSPS) is 36.5. The van der Waals surface area contributed by atoms with E-state index in [-0.39, 0.29) is 5.41 Å². The molecule has 0 aliphatic heterocycles. The van der Waals surface area contributed by atoms with Crippen LogP contribution in [0.25, 0.3) is 0 Å². The zero-order valence-corrected chi connectivity index (χ0v) is 13.9. The molecular formula is C20H26O2. The van der Waals surface area contributed by atoms with E-state index in [1.165, 1.54) is 24.0 Å². The summed E-state index contributed by atoms with van der Waals surface area (Å²) in [5.74, 6) is 3.55. The molecule has 118 valence electrons. The molecule has 4 rings (SSSR count). The van der Waals surface area contributed by atoms with E-state index in [4.69, 9.17) is 4.74 Å². The van der Waals surface area contributed by atoms with E-state index in [2.05, 4.69) is 26.0 Å². The molecule has 2 nitrogen and oxygen atoms in total. The largest absolute Gasteiger partial charge is 0.496 e. The van der Waals surface area contributed by atoms with Gasteiger partial charge in [0.1, 0.15) is 11.5 Å². The van der Waals surface area contributed by atoms with Crippen molar-refractivity contribution in [3.63, 3.8) is 0 Å². The van der Waals surface area contributed by atoms with E-state index in [1.807, 2.05) is 0 Å². The summed E-state index contributed by atoms with van der Waals surface area (Å²) in [5, 5.41) is 0. The van der Waals surface area contributed by atoms with Gasteiger partial charge in [0.25, 0.3) is 0 Å². The first-order valence-corrected chi connectivity index (χ1v) is 8.75. The number of benzene rings is 1. The predicted molar refractivity (Wildman–Crippen MR) is 87.4 cm³/mol. The third kappa shape index (κ3) is 1.82. The fourth-order valence-corrected chi connectivity index (χ4v) is 5.70. The predicted octanol–water partition coefficient (Wildman–Crippen LogP) is 4.43. The summed E-state index contributed by atoms with van der Waals surface area (Å²) in [6.45, 7) is 4.40. The third-order valence-electron chi connectivity index (χ3n) is 6.95. The van der Waals surface area contributed by atoms with Crippen LogP contribution in [0.2, 0.25) is 0 Å². The first-order chi connectivity index (χ1) is 10.5. The minimum Gasteiger partial charge on any atom is -0.496 e. The van der Waals surface area contributed by atoms with Crippen LogP contribution < -0.4 is 4.74 Å². The van der Waals surface area contributed by atoms with Gasteiger partial charge in [0.05, 0.1) is 7.11 Å². The number of methoxy groups -OCH3 is 1. The molecule has 0 aromatic heterocycles. The van der Waals surface area contributed by atoms with Crippen molar-refractivity contribution in [2.75, 3.05) is 7.11 Å². The molecule has 0 spiro atoms. The van der Waals surface area contributed by atoms with Crippen LogP contribution in [0.3, 0.4) is 0 Å². The second kappa shape index (κ2) is 4.84. The van der Waals surface area contributed by atoms with Gasteiger partial charge in [-0.1, -0.05) is 13.0 Å². The number of hydrogen-bond acceptors (Lipinski definition) is 2. The maximum absolute atomic E-state index is 12.4. The molecule has 0 heterocycles. The topological polar surface area (TPSA) is 26.3 Å². The first-order valence-electron chi connectivity index (χ1n) is 8.75. The van der Waals surface area contributed by atoms with Gasteiger partial charge in [-0.05, 0) is 79.5 Å². The van der Waals surface area contributed by atoms with Gasteiger partial charge in [-0.15, -0.1) is 0 Å². The lowest BCUT2D eigenvalue weighted by Crippen LogP contribution is -2.42. The molecule has 3 aliphatic carbocycles. The number of Topliss-reactive ketones (excluding diaryl/α,β-unsaturated/α-hetero) is 1. The monoisotopic (exact) mass is 298 g/mol. The van der Waals surface area contributed by atoms with Crippen LogP contribution in [0.5, 0.6) is 5.75 Å². The molecule has 2 fully saturated rings. The van der Waals surface area contributed by atoms with Gasteiger partial charge >= 0.3 is 0 Å². The summed E-state index contributed by atoms with van der Waals surface area (Å²) < 4.78 is 5.50. The van der Waals surface area contributed by atoms with Crippen LogP contribution in [0.4, 0.5) is 0 Å². The van der Waals surface area contributed by atoms with Crippen LogP contribution in [0.15, 0.2) is 12.1 Å². The number of carbonyl (C=O) groups excluding carboxylic acids is 1. The lowest BCUT2D eigenvalue weighted by atomic mass is 9.55. The van der Waals surface area contributed by atoms with Gasteiger partial charge in [0.2, 0.25) is 0 Å². The lowest BCUT2D eigenvalue weighted by molar-refractivity contribution is -0.129. The fraction of sp³-hybridized carbons (Fsp3) is 0.650. The highest BCUT2D eigenvalue weighted by Gasteiger charge is 2.54. The van der Waals surface area contributed by atoms with Gasteiger partial charge < -0.3 is 4.74 Å². The Labute approximate surface area is 133 Å². The summed E-state index contributed by atoms with van der Waals surface area (Å²) in [7, 11) is 1.76. The standard InChI is InChI=1S/C20H26O2/c1-12-10-16-13(11-18(12)22-3)4-5-15-14(16)8-9-20(2)17(15)6-7-19(20)21/h10-11,14-15,17H,4-9H2,1-3H3/t14-,15+,17-,20-/m1/s1. The maximum Gasteiger partial charge on any atom is 0.139 e. The van der Waals surface area contributed by atoms with Gasteiger partial charge in [-0.25, -0.2) is 0 Å². The Kier molecular flexibility index (Phi) is 3.15. The summed E-state index contributed by atoms with van der Waals surface area (Å²) in [4.78, 5) is 12.4. The zero-order chi connectivity index (χ0) is 15.5. The lowest BCUT2D eigenvalue weighted by Gasteiger charge is -2.48. The van der Waals surface area contributed by atoms with E-state index in [9.17, 15) is 4.79 Å². The Morgan fingerprint density at radius 3 is 2.77 bits per heavy atom. The van der Waals surface area contributed by atoms with Crippen LogP contribution in [0.1, 0.15) is 61.6 Å². The molecule has 1 aromatic rings. The Balaban J connectivity index is 1.73. The summed E-state index contributed by atoms with van der Waals surface area (Å²) in [6.07, 6.45) is 6.61. The van der Waals surface area contributed by atoms with Crippen LogP contribution in [-0.4, -0.2) is 12.9 Å². The SMILES string of the molecule is COc1cc2c(cc1C)[C@@H]1CC[C@@]3(C)C(=O)CC[C@@H]3[C@H]1CC2. The van der Waals surface area contributed by atoms with E-state index in [1.54, 1.807) is 12.7 Å². The van der Waals surface area contributed by atoms with Gasteiger partial charge in [-0.2, -0.15) is 0 Å². The molecule has 0 radical (unpaired) electrons. The van der Waals surface area contributed by atoms with E-state index < -0.39 is 0 Å². The second-order valence-corrected chi connectivity index (χ2v) is 7.85. The molecule has 1 aromatic carbocycles. The molecule has 0 saturated heterocycles. The number of aryl methyl sites for hydroxylation is 2. The Morgan fingerprint density at radius 1 is 1.18 bits per heavy atom. The van der Waals surface area contributed by atoms with Crippen LogP contribution >= 0.6 is 0 Å². The van der Waals surface area contributed by atoms with Crippen LogP contribution in [-0.2, 0) is 11.2 Å². The quantitative estimate of drug-likeness (QED) is 0.766. The third-order valence-corrected chi connectivity index (χ3v) is 6.95. The molecule has 22 heavy (non-hydrogen) atoms. The summed E-state index contributed by atoms with van der Waals surface area (Å²) >= 11 is 0. The number of hydrogen-bond donors (Lipinski definition) is 0. The average molecular weight is 298 g/mol. The fourth-order valence-electron chi connectivity index (χ4n) is 5.70. The van der Waals surface area contributed by atoms with Crippen molar-refractivity contribution in [2.45, 2.75) is 58.3 Å². The van der Waals surface area contributed by atoms with Gasteiger partial charge in [0.15, 0.2) is 0 Å². The van der Waals surface area contributed by atoms with E-state index in [0.29, 0.717) is 23.5 Å². The summed E-state index contributed by atoms with van der Waals surface area (Å²) in [5.41, 5.74) is 4.27. The van der Waals surface area contributed by atoms with Crippen molar-refractivity contribution in [2.24, 2.45) is 17.3 Å². The number of rotatable bonds is 1. The maximum atomic E-state index is 12.4. The minimum absolute atomic E-state index is 0.0137. The van der Waals surface area contributed by atoms with Crippen LogP contribution in [0, 0.1) is 24.2 Å². The van der Waals surface area contributed by atoms with Gasteiger partial charge in [0, 0.05) is 11.8 Å². The second-order valence-electron chi connectivity index (χ2n) is 7.85. The molecule has 0 unspecified atom stereocenters. The molecule has 3 aliphatic rings. The van der Waals surface area contributed by atoms with Crippen molar-refractivity contribution in [3.05, 3.63) is 28.8 Å². The number of ether oxygens (including phenoxy) is 1. The van der Waals surface area contributed by atoms with E-state index >= 15 is 0 Å². The van der Waals surface area contributed by atoms with Gasteiger partial charge in [-0.3, -0.25) is 4.79 Å². The Bertz CT molecular complexity index is 633. The van der Waals surface area contributed by atoms with Crippen molar-refractivity contribution in [1.29, 1.82) is 0 Å². The molecule has 2 saturated carbocycles. The molecule has 4 atom stereocenters. The molecule has 0 bridgehead atoms.